The van der Waals surface area contributed by atoms with E-state index in [4.69, 9.17) is 0 Å². The maximum absolute atomic E-state index is 13.6. The fraction of sp³-hybridized carbons (Fsp3) is 0.600. The summed E-state index contributed by atoms with van der Waals surface area (Å²) in [6.07, 6.45) is 2.19. The molecule has 0 unspecified atom stereocenters. The second kappa shape index (κ2) is 7.02. The van der Waals surface area contributed by atoms with Gasteiger partial charge in [-0.25, -0.2) is 21.9 Å². The molecule has 1 aromatic carbocycles. The van der Waals surface area contributed by atoms with Gasteiger partial charge in [-0.2, -0.15) is 0 Å². The van der Waals surface area contributed by atoms with E-state index in [0.717, 1.165) is 38.1 Å². The molecule has 4 nitrogen and oxygen atoms in total. The van der Waals surface area contributed by atoms with E-state index in [1.807, 2.05) is 6.92 Å². The minimum Gasteiger partial charge on any atom is -0.299 e. The Labute approximate surface area is 130 Å². The third-order valence-electron chi connectivity index (χ3n) is 4.19. The summed E-state index contributed by atoms with van der Waals surface area (Å²) in [6, 6.07) is 2.43. The Kier molecular flexibility index (Phi) is 5.52. The minimum absolute atomic E-state index is 0.0129. The highest BCUT2D eigenvalue weighted by atomic mass is 32.2. The van der Waals surface area contributed by atoms with Gasteiger partial charge >= 0.3 is 0 Å². The maximum atomic E-state index is 13.6. The van der Waals surface area contributed by atoms with Crippen molar-refractivity contribution in [3.8, 4) is 0 Å². The van der Waals surface area contributed by atoms with Gasteiger partial charge in [0, 0.05) is 12.6 Å². The lowest BCUT2D eigenvalue weighted by atomic mass is 9.98. The number of nitrogens with one attached hydrogen (secondary N) is 1. The van der Waals surface area contributed by atoms with Gasteiger partial charge in [-0.1, -0.05) is 6.92 Å². The van der Waals surface area contributed by atoms with Crippen LogP contribution < -0.4 is 4.72 Å². The molecule has 1 N–H and O–H groups in total. The summed E-state index contributed by atoms with van der Waals surface area (Å²) in [7, 11) is -4.05. The van der Waals surface area contributed by atoms with Crippen molar-refractivity contribution in [2.45, 2.75) is 37.6 Å². The molecule has 2 rings (SSSR count). The summed E-state index contributed by atoms with van der Waals surface area (Å²) in [5, 5.41) is 0. The van der Waals surface area contributed by atoms with Crippen LogP contribution in [0, 0.1) is 17.6 Å². The van der Waals surface area contributed by atoms with Gasteiger partial charge in [0.1, 0.15) is 16.5 Å². The van der Waals surface area contributed by atoms with E-state index < -0.39 is 26.6 Å². The normalized spacial score (nSPS) is 19.3. The van der Waals surface area contributed by atoms with Crippen molar-refractivity contribution in [1.29, 1.82) is 0 Å². The molecule has 0 saturated carbocycles. The average Bonchev–Trinajstić information content (AvgIpc) is 2.48. The molecule has 0 bridgehead atoms. The van der Waals surface area contributed by atoms with Crippen molar-refractivity contribution < 1.29 is 17.2 Å². The molecule has 1 atom stereocenters. The first kappa shape index (κ1) is 17.3. The third-order valence-corrected chi connectivity index (χ3v) is 5.63. The standard InChI is InChI=1S/C15H22F2N2O2S/c1-11-5-7-19(8-6-11)12(2)10-18-22(20,21)15-9-13(16)3-4-14(15)17/h3-4,9,11-12,18H,5-8,10H2,1-2H3/t12-/m0/s1. The number of sulfonamides is 1. The number of hydrogen-bond donors (Lipinski definition) is 1. The molecule has 1 heterocycles. The molecule has 0 aliphatic carbocycles. The number of nitrogens with zero attached hydrogens (tertiary/aromatic N) is 1. The van der Waals surface area contributed by atoms with Gasteiger partial charge in [0.05, 0.1) is 0 Å². The number of piperidine rings is 1. The van der Waals surface area contributed by atoms with Crippen LogP contribution in [0.25, 0.3) is 0 Å². The molecule has 0 spiro atoms. The zero-order valence-corrected chi connectivity index (χ0v) is 13.7. The van der Waals surface area contributed by atoms with E-state index in [2.05, 4.69) is 16.5 Å². The van der Waals surface area contributed by atoms with E-state index in [1.165, 1.54) is 0 Å². The van der Waals surface area contributed by atoms with Gasteiger partial charge in [0.25, 0.3) is 0 Å². The summed E-state index contributed by atoms with van der Waals surface area (Å²) in [5.74, 6) is -1.03. The smallest absolute Gasteiger partial charge is 0.243 e. The van der Waals surface area contributed by atoms with E-state index in [0.29, 0.717) is 12.0 Å². The summed E-state index contributed by atoms with van der Waals surface area (Å²) in [6.45, 7) is 6.17. The average molecular weight is 332 g/mol. The Hall–Kier alpha value is -1.05. The molecule has 0 aromatic heterocycles. The van der Waals surface area contributed by atoms with Crippen LogP contribution >= 0.6 is 0 Å². The summed E-state index contributed by atoms with van der Waals surface area (Å²) in [5.41, 5.74) is 0. The van der Waals surface area contributed by atoms with Crippen LogP contribution in [-0.4, -0.2) is 39.0 Å². The molecule has 1 aliphatic rings. The first-order valence-electron chi connectivity index (χ1n) is 7.48. The fourth-order valence-corrected chi connectivity index (χ4v) is 3.80. The van der Waals surface area contributed by atoms with Crippen LogP contribution in [-0.2, 0) is 10.0 Å². The van der Waals surface area contributed by atoms with Crippen molar-refractivity contribution in [1.82, 2.24) is 9.62 Å². The Morgan fingerprint density at radius 1 is 1.32 bits per heavy atom. The number of benzene rings is 1. The maximum Gasteiger partial charge on any atom is 0.243 e. The van der Waals surface area contributed by atoms with Gasteiger partial charge in [-0.3, -0.25) is 4.90 Å². The summed E-state index contributed by atoms with van der Waals surface area (Å²) >= 11 is 0. The lowest BCUT2D eigenvalue weighted by molar-refractivity contribution is 0.148. The van der Waals surface area contributed by atoms with E-state index >= 15 is 0 Å². The number of halogens is 2. The van der Waals surface area contributed by atoms with Crippen LogP contribution in [0.15, 0.2) is 23.1 Å². The van der Waals surface area contributed by atoms with Crippen molar-refractivity contribution in [2.24, 2.45) is 5.92 Å². The first-order valence-corrected chi connectivity index (χ1v) is 8.96. The zero-order chi connectivity index (χ0) is 16.3. The highest BCUT2D eigenvalue weighted by molar-refractivity contribution is 7.89. The highest BCUT2D eigenvalue weighted by Gasteiger charge is 2.24. The van der Waals surface area contributed by atoms with Crippen LogP contribution in [0.2, 0.25) is 0 Å². The number of hydrogen-bond acceptors (Lipinski definition) is 3. The number of likely N-dealkylation sites (tertiary alicyclic amines) is 1. The predicted molar refractivity (Wildman–Crippen MR) is 81.0 cm³/mol. The minimum atomic E-state index is -4.05. The summed E-state index contributed by atoms with van der Waals surface area (Å²) in [4.78, 5) is 1.57. The highest BCUT2D eigenvalue weighted by Crippen LogP contribution is 2.19. The van der Waals surface area contributed by atoms with Gasteiger partial charge in [-0.15, -0.1) is 0 Å². The molecule has 1 fully saturated rings. The van der Waals surface area contributed by atoms with Crippen molar-refractivity contribution in [3.63, 3.8) is 0 Å². The largest absolute Gasteiger partial charge is 0.299 e. The quantitative estimate of drug-likeness (QED) is 0.900. The fourth-order valence-electron chi connectivity index (χ4n) is 2.59. The lowest BCUT2D eigenvalue weighted by Gasteiger charge is -2.34. The van der Waals surface area contributed by atoms with Crippen LogP contribution in [0.1, 0.15) is 26.7 Å². The Balaban J connectivity index is 1.99. The Morgan fingerprint density at radius 3 is 2.59 bits per heavy atom. The molecule has 1 aliphatic heterocycles. The van der Waals surface area contributed by atoms with Gasteiger partial charge in [0.2, 0.25) is 10.0 Å². The van der Waals surface area contributed by atoms with Crippen LogP contribution in [0.5, 0.6) is 0 Å². The molecule has 0 amide bonds. The molecular formula is C15H22F2N2O2S. The van der Waals surface area contributed by atoms with Gasteiger partial charge in [0.15, 0.2) is 0 Å². The van der Waals surface area contributed by atoms with E-state index in [-0.39, 0.29) is 12.6 Å². The topological polar surface area (TPSA) is 49.4 Å². The second-order valence-corrected chi connectivity index (χ2v) is 7.73. The van der Waals surface area contributed by atoms with Crippen molar-refractivity contribution in [2.75, 3.05) is 19.6 Å². The molecule has 22 heavy (non-hydrogen) atoms. The second-order valence-electron chi connectivity index (χ2n) is 5.99. The van der Waals surface area contributed by atoms with Crippen molar-refractivity contribution >= 4 is 10.0 Å². The van der Waals surface area contributed by atoms with Gasteiger partial charge in [-0.05, 0) is 57.0 Å². The van der Waals surface area contributed by atoms with Crippen molar-refractivity contribution in [3.05, 3.63) is 29.8 Å². The van der Waals surface area contributed by atoms with E-state index in [1.54, 1.807) is 0 Å². The lowest BCUT2D eigenvalue weighted by Crippen LogP contribution is -2.45. The molecule has 124 valence electrons. The predicted octanol–water partition coefficient (Wildman–Crippen LogP) is 2.36. The third kappa shape index (κ3) is 4.24. The molecule has 0 radical (unpaired) electrons. The number of rotatable bonds is 5. The SMILES string of the molecule is CC1CCN([C@@H](C)CNS(=O)(=O)c2cc(F)ccc2F)CC1. The molecule has 1 saturated heterocycles. The Morgan fingerprint density at radius 2 is 1.95 bits per heavy atom. The van der Waals surface area contributed by atoms with E-state index in [9.17, 15) is 17.2 Å². The molecular weight excluding hydrogens is 310 g/mol. The Bertz CT molecular complexity index is 614. The first-order chi connectivity index (χ1) is 10.3. The van der Waals surface area contributed by atoms with Crippen LogP contribution in [0.3, 0.4) is 0 Å². The molecule has 7 heteroatoms. The zero-order valence-electron chi connectivity index (χ0n) is 12.9. The van der Waals surface area contributed by atoms with Crippen LogP contribution in [0.4, 0.5) is 8.78 Å². The monoisotopic (exact) mass is 332 g/mol. The molecule has 1 aromatic rings. The van der Waals surface area contributed by atoms with Gasteiger partial charge < -0.3 is 0 Å². The summed E-state index contributed by atoms with van der Waals surface area (Å²) < 4.78 is 53.3.